The van der Waals surface area contributed by atoms with E-state index in [1.807, 2.05) is 24.3 Å². The molecular formula is C23H24O3. The van der Waals surface area contributed by atoms with E-state index in [0.29, 0.717) is 0 Å². The maximum absolute atomic E-state index is 12.4. The Balaban J connectivity index is 1.60. The number of hydrogen-bond acceptors (Lipinski definition) is 3. The van der Waals surface area contributed by atoms with Crippen LogP contribution in [-0.2, 0) is 16.1 Å². The second-order valence-electron chi connectivity index (χ2n) is 7.25. The first kappa shape index (κ1) is 17.0. The van der Waals surface area contributed by atoms with Gasteiger partial charge in [0.25, 0.3) is 0 Å². The third-order valence-electron chi connectivity index (χ3n) is 5.58. The predicted molar refractivity (Wildman–Crippen MR) is 104 cm³/mol. The van der Waals surface area contributed by atoms with E-state index in [0.717, 1.165) is 52.8 Å². The van der Waals surface area contributed by atoms with Gasteiger partial charge in [0.15, 0.2) is 6.10 Å². The van der Waals surface area contributed by atoms with Crippen molar-refractivity contribution >= 4 is 27.5 Å². The quantitative estimate of drug-likeness (QED) is 0.534. The number of carbonyl (C=O) groups is 1. The van der Waals surface area contributed by atoms with Crippen molar-refractivity contribution in [1.82, 2.24) is 0 Å². The van der Waals surface area contributed by atoms with Crippen molar-refractivity contribution in [2.45, 2.75) is 44.8 Å². The summed E-state index contributed by atoms with van der Waals surface area (Å²) in [5.41, 5.74) is 1.00. The van der Waals surface area contributed by atoms with E-state index in [2.05, 4.69) is 30.3 Å². The van der Waals surface area contributed by atoms with Crippen LogP contribution in [0.15, 0.2) is 54.6 Å². The number of hydrogen-bond donors (Lipinski definition) is 1. The van der Waals surface area contributed by atoms with Crippen molar-refractivity contribution in [2.24, 2.45) is 5.92 Å². The second-order valence-corrected chi connectivity index (χ2v) is 7.25. The number of fused-ring (bicyclic) bond motifs is 2. The van der Waals surface area contributed by atoms with Gasteiger partial charge in [-0.05, 0) is 46.4 Å². The number of aliphatic hydroxyl groups excluding tert-OH is 1. The Labute approximate surface area is 153 Å². The predicted octanol–water partition coefficient (Wildman–Crippen LogP) is 4.98. The normalized spacial score (nSPS) is 16.7. The Hall–Kier alpha value is -2.39. The highest BCUT2D eigenvalue weighted by atomic mass is 16.5. The van der Waals surface area contributed by atoms with Gasteiger partial charge < -0.3 is 9.84 Å². The van der Waals surface area contributed by atoms with Crippen LogP contribution in [-0.4, -0.2) is 17.2 Å². The Morgan fingerprint density at radius 2 is 1.54 bits per heavy atom. The van der Waals surface area contributed by atoms with E-state index in [1.54, 1.807) is 0 Å². The van der Waals surface area contributed by atoms with Crippen molar-refractivity contribution in [1.29, 1.82) is 0 Å². The summed E-state index contributed by atoms with van der Waals surface area (Å²) < 4.78 is 5.57. The molecule has 3 aromatic rings. The van der Waals surface area contributed by atoms with Gasteiger partial charge in [-0.25, -0.2) is 4.79 Å². The van der Waals surface area contributed by atoms with Crippen LogP contribution < -0.4 is 0 Å². The average molecular weight is 348 g/mol. The van der Waals surface area contributed by atoms with Gasteiger partial charge >= 0.3 is 5.97 Å². The Morgan fingerprint density at radius 3 is 2.15 bits per heavy atom. The SMILES string of the molecule is O=C(OCc1c2ccccc2cc2ccccc12)[C@H](O)C1CCCCC1. The summed E-state index contributed by atoms with van der Waals surface area (Å²) in [5.74, 6) is -0.450. The van der Waals surface area contributed by atoms with Gasteiger partial charge in [-0.15, -0.1) is 0 Å². The number of esters is 1. The van der Waals surface area contributed by atoms with Crippen molar-refractivity contribution in [3.8, 4) is 0 Å². The van der Waals surface area contributed by atoms with Crippen LogP contribution in [0.5, 0.6) is 0 Å². The fourth-order valence-corrected chi connectivity index (χ4v) is 4.13. The first-order valence-electron chi connectivity index (χ1n) is 9.48. The van der Waals surface area contributed by atoms with E-state index in [4.69, 9.17) is 4.74 Å². The highest BCUT2D eigenvalue weighted by Crippen LogP contribution is 2.30. The number of benzene rings is 3. The van der Waals surface area contributed by atoms with Crippen LogP contribution in [0.4, 0.5) is 0 Å². The summed E-state index contributed by atoms with van der Waals surface area (Å²) >= 11 is 0. The minimum absolute atomic E-state index is 0.0421. The summed E-state index contributed by atoms with van der Waals surface area (Å²) in [6, 6.07) is 18.4. The molecule has 1 aliphatic carbocycles. The molecule has 3 heteroatoms. The third-order valence-corrected chi connectivity index (χ3v) is 5.58. The van der Waals surface area contributed by atoms with Crippen molar-refractivity contribution in [2.75, 3.05) is 0 Å². The van der Waals surface area contributed by atoms with E-state index < -0.39 is 12.1 Å². The van der Waals surface area contributed by atoms with E-state index in [-0.39, 0.29) is 12.5 Å². The molecule has 0 aliphatic heterocycles. The Kier molecular flexibility index (Phi) is 4.89. The molecule has 0 amide bonds. The van der Waals surface area contributed by atoms with Gasteiger partial charge in [-0.1, -0.05) is 67.8 Å². The number of rotatable bonds is 4. The Bertz CT molecular complexity index is 871. The fourth-order valence-electron chi connectivity index (χ4n) is 4.13. The molecule has 1 saturated carbocycles. The van der Waals surface area contributed by atoms with Crippen LogP contribution in [0.25, 0.3) is 21.5 Å². The minimum atomic E-state index is -1.00. The molecule has 0 unspecified atom stereocenters. The summed E-state index contributed by atoms with van der Waals surface area (Å²) in [6.45, 7) is 0.185. The van der Waals surface area contributed by atoms with Gasteiger partial charge in [0.2, 0.25) is 0 Å². The first-order valence-corrected chi connectivity index (χ1v) is 9.48. The van der Waals surface area contributed by atoms with Crippen LogP contribution in [0, 0.1) is 5.92 Å². The van der Waals surface area contributed by atoms with Gasteiger partial charge in [0.1, 0.15) is 6.61 Å². The second kappa shape index (κ2) is 7.46. The summed E-state index contributed by atoms with van der Waals surface area (Å²) in [7, 11) is 0. The summed E-state index contributed by atoms with van der Waals surface area (Å²) in [5, 5.41) is 14.8. The molecule has 1 fully saturated rings. The zero-order valence-electron chi connectivity index (χ0n) is 14.9. The van der Waals surface area contributed by atoms with Gasteiger partial charge in [0.05, 0.1) is 0 Å². The lowest BCUT2D eigenvalue weighted by Crippen LogP contribution is -2.32. The van der Waals surface area contributed by atoms with E-state index in [9.17, 15) is 9.90 Å². The average Bonchev–Trinajstić information content (AvgIpc) is 2.71. The van der Waals surface area contributed by atoms with Crippen LogP contribution in [0.1, 0.15) is 37.7 Å². The summed E-state index contributed by atoms with van der Waals surface area (Å²) in [6.07, 6.45) is 4.18. The standard InChI is InChI=1S/C23H24O3/c24-22(16-8-2-1-3-9-16)23(25)26-15-21-19-12-6-4-10-17(19)14-18-11-5-7-13-20(18)21/h4-7,10-14,16,22,24H,1-3,8-9,15H2/t22-/m1/s1. The number of ether oxygens (including phenoxy) is 1. The lowest BCUT2D eigenvalue weighted by atomic mass is 9.85. The zero-order chi connectivity index (χ0) is 17.9. The van der Waals surface area contributed by atoms with Gasteiger partial charge in [0, 0.05) is 5.56 Å². The third kappa shape index (κ3) is 3.32. The lowest BCUT2D eigenvalue weighted by molar-refractivity contribution is -0.158. The van der Waals surface area contributed by atoms with Crippen LogP contribution >= 0.6 is 0 Å². The number of carbonyl (C=O) groups excluding carboxylic acids is 1. The lowest BCUT2D eigenvalue weighted by Gasteiger charge is -2.25. The van der Waals surface area contributed by atoms with Crippen molar-refractivity contribution in [3.63, 3.8) is 0 Å². The Morgan fingerprint density at radius 1 is 0.962 bits per heavy atom. The molecular weight excluding hydrogens is 324 g/mol. The molecule has 1 aliphatic rings. The fraction of sp³-hybridized carbons (Fsp3) is 0.348. The molecule has 3 nitrogen and oxygen atoms in total. The molecule has 1 N–H and O–H groups in total. The molecule has 134 valence electrons. The molecule has 0 bridgehead atoms. The zero-order valence-corrected chi connectivity index (χ0v) is 14.9. The van der Waals surface area contributed by atoms with Gasteiger partial charge in [-0.3, -0.25) is 0 Å². The van der Waals surface area contributed by atoms with Crippen molar-refractivity contribution in [3.05, 3.63) is 60.2 Å². The molecule has 26 heavy (non-hydrogen) atoms. The maximum Gasteiger partial charge on any atom is 0.335 e. The molecule has 1 atom stereocenters. The minimum Gasteiger partial charge on any atom is -0.459 e. The van der Waals surface area contributed by atoms with Gasteiger partial charge in [-0.2, -0.15) is 0 Å². The van der Waals surface area contributed by atoms with Crippen molar-refractivity contribution < 1.29 is 14.6 Å². The molecule has 4 rings (SSSR count). The molecule has 0 radical (unpaired) electrons. The molecule has 3 aromatic carbocycles. The monoisotopic (exact) mass is 348 g/mol. The van der Waals surface area contributed by atoms with E-state index in [1.165, 1.54) is 6.42 Å². The highest BCUT2D eigenvalue weighted by molar-refractivity contribution is 6.02. The summed E-state index contributed by atoms with van der Waals surface area (Å²) in [4.78, 5) is 12.4. The molecule has 0 heterocycles. The largest absolute Gasteiger partial charge is 0.459 e. The molecule has 0 saturated heterocycles. The highest BCUT2D eigenvalue weighted by Gasteiger charge is 2.28. The first-order chi connectivity index (χ1) is 12.7. The van der Waals surface area contributed by atoms with E-state index >= 15 is 0 Å². The number of aliphatic hydroxyl groups is 1. The molecule has 0 aromatic heterocycles. The molecule has 0 spiro atoms. The topological polar surface area (TPSA) is 46.5 Å². The van der Waals surface area contributed by atoms with Crippen LogP contribution in [0.2, 0.25) is 0 Å². The maximum atomic E-state index is 12.4. The van der Waals surface area contributed by atoms with Crippen LogP contribution in [0.3, 0.4) is 0 Å². The smallest absolute Gasteiger partial charge is 0.335 e.